The van der Waals surface area contributed by atoms with E-state index in [0.29, 0.717) is 5.69 Å². The second-order valence-electron chi connectivity index (χ2n) is 3.87. The van der Waals surface area contributed by atoms with Gasteiger partial charge in [-0.25, -0.2) is 4.68 Å². The third-order valence-electron chi connectivity index (χ3n) is 2.86. The van der Waals surface area contributed by atoms with E-state index >= 15 is 0 Å². The van der Waals surface area contributed by atoms with Crippen LogP contribution in [0, 0.1) is 20.8 Å². The summed E-state index contributed by atoms with van der Waals surface area (Å²) in [5, 5.41) is 13.5. The van der Waals surface area contributed by atoms with Crippen LogP contribution in [0.4, 0.5) is 0 Å². The first-order valence-corrected chi connectivity index (χ1v) is 5.22. The molecule has 0 saturated heterocycles. The molecule has 1 N–H and O–H groups in total. The van der Waals surface area contributed by atoms with Crippen molar-refractivity contribution < 1.29 is 5.11 Å². The Balaban J connectivity index is 2.54. The number of rotatable bonds is 2. The van der Waals surface area contributed by atoms with Gasteiger partial charge in [0.2, 0.25) is 0 Å². The molecule has 0 atom stereocenters. The zero-order valence-electron chi connectivity index (χ0n) is 9.73. The normalized spacial score (nSPS) is 10.8. The van der Waals surface area contributed by atoms with Crippen molar-refractivity contribution in [3.63, 3.8) is 0 Å². The second-order valence-corrected chi connectivity index (χ2v) is 3.87. The highest BCUT2D eigenvalue weighted by atomic mass is 16.3. The molecule has 0 aliphatic carbocycles. The van der Waals surface area contributed by atoms with Gasteiger partial charge < -0.3 is 5.11 Å². The summed E-state index contributed by atoms with van der Waals surface area (Å²) in [4.78, 5) is 4.05. The summed E-state index contributed by atoms with van der Waals surface area (Å²) < 4.78 is 1.88. The Morgan fingerprint density at radius 2 is 2.06 bits per heavy atom. The Hall–Kier alpha value is -1.68. The van der Waals surface area contributed by atoms with Crippen LogP contribution in [0.2, 0.25) is 0 Å². The smallest absolute Gasteiger partial charge is 0.0853 e. The van der Waals surface area contributed by atoms with E-state index in [4.69, 9.17) is 5.11 Å². The number of aromatic nitrogens is 3. The molecule has 0 amide bonds. The topological polar surface area (TPSA) is 50.9 Å². The molecule has 2 aromatic rings. The van der Waals surface area contributed by atoms with Gasteiger partial charge in [0.1, 0.15) is 0 Å². The zero-order chi connectivity index (χ0) is 11.7. The molecule has 0 unspecified atom stereocenters. The second kappa shape index (κ2) is 4.06. The van der Waals surface area contributed by atoms with E-state index < -0.39 is 0 Å². The van der Waals surface area contributed by atoms with Gasteiger partial charge in [-0.2, -0.15) is 5.10 Å². The molecular formula is C12H15N3O. The molecule has 4 nitrogen and oxygen atoms in total. The fraction of sp³-hybridized carbons (Fsp3) is 0.333. The molecule has 0 aliphatic heterocycles. The van der Waals surface area contributed by atoms with Gasteiger partial charge in [-0.05, 0) is 38.5 Å². The Morgan fingerprint density at radius 1 is 1.31 bits per heavy atom. The van der Waals surface area contributed by atoms with E-state index in [2.05, 4.69) is 17.0 Å². The summed E-state index contributed by atoms with van der Waals surface area (Å²) in [6.45, 7) is 6.04. The highest BCUT2D eigenvalue weighted by molar-refractivity contribution is 5.36. The maximum Gasteiger partial charge on any atom is 0.0853 e. The molecule has 0 bridgehead atoms. The van der Waals surface area contributed by atoms with Crippen molar-refractivity contribution in [2.45, 2.75) is 27.4 Å². The average Bonchev–Trinajstić information content (AvgIpc) is 2.57. The first-order valence-electron chi connectivity index (χ1n) is 5.22. The standard InChI is InChI=1S/C12H15N3O/c1-8-9(2)14-15(10(8)3)12-4-5-13-11(6-12)7-16/h4-6,16H,7H2,1-3H3. The van der Waals surface area contributed by atoms with Crippen LogP contribution in [0.25, 0.3) is 5.69 Å². The first-order chi connectivity index (χ1) is 7.63. The summed E-state index contributed by atoms with van der Waals surface area (Å²) in [7, 11) is 0. The maximum absolute atomic E-state index is 9.05. The monoisotopic (exact) mass is 217 g/mol. The highest BCUT2D eigenvalue weighted by Crippen LogP contribution is 2.16. The molecule has 2 aromatic heterocycles. The summed E-state index contributed by atoms with van der Waals surface area (Å²) in [5.74, 6) is 0. The Bertz CT molecular complexity index is 517. The van der Waals surface area contributed by atoms with Crippen LogP contribution in [-0.4, -0.2) is 19.9 Å². The van der Waals surface area contributed by atoms with Crippen molar-refractivity contribution in [1.82, 2.24) is 14.8 Å². The molecule has 0 saturated carbocycles. The molecule has 16 heavy (non-hydrogen) atoms. The number of pyridine rings is 1. The van der Waals surface area contributed by atoms with Crippen LogP contribution in [0.15, 0.2) is 18.3 Å². The van der Waals surface area contributed by atoms with E-state index in [-0.39, 0.29) is 6.61 Å². The fourth-order valence-corrected chi connectivity index (χ4v) is 1.66. The van der Waals surface area contributed by atoms with E-state index in [0.717, 1.165) is 17.1 Å². The predicted octanol–water partition coefficient (Wildman–Crippen LogP) is 1.68. The summed E-state index contributed by atoms with van der Waals surface area (Å²) >= 11 is 0. The van der Waals surface area contributed by atoms with Gasteiger partial charge in [0, 0.05) is 11.9 Å². The largest absolute Gasteiger partial charge is 0.390 e. The van der Waals surface area contributed by atoms with Crippen LogP contribution in [0.1, 0.15) is 22.6 Å². The van der Waals surface area contributed by atoms with Crippen molar-refractivity contribution in [3.05, 3.63) is 41.0 Å². The molecule has 4 heteroatoms. The number of hydrogen-bond acceptors (Lipinski definition) is 3. The van der Waals surface area contributed by atoms with Gasteiger partial charge in [-0.15, -0.1) is 0 Å². The SMILES string of the molecule is Cc1nn(-c2ccnc(CO)c2)c(C)c1C. The van der Waals surface area contributed by atoms with Crippen LogP contribution >= 0.6 is 0 Å². The maximum atomic E-state index is 9.05. The summed E-state index contributed by atoms with van der Waals surface area (Å²) in [5.41, 5.74) is 4.94. The van der Waals surface area contributed by atoms with Crippen molar-refractivity contribution in [2.24, 2.45) is 0 Å². The highest BCUT2D eigenvalue weighted by Gasteiger charge is 2.09. The molecule has 0 fully saturated rings. The Kier molecular flexibility index (Phi) is 2.75. The van der Waals surface area contributed by atoms with Crippen molar-refractivity contribution in [1.29, 1.82) is 0 Å². The lowest BCUT2D eigenvalue weighted by Gasteiger charge is -2.05. The lowest BCUT2D eigenvalue weighted by Crippen LogP contribution is -2.01. The number of hydrogen-bond donors (Lipinski definition) is 1. The summed E-state index contributed by atoms with van der Waals surface area (Å²) in [6.07, 6.45) is 1.69. The zero-order valence-corrected chi connectivity index (χ0v) is 9.73. The van der Waals surface area contributed by atoms with Crippen LogP contribution in [0.5, 0.6) is 0 Å². The number of aliphatic hydroxyl groups excluding tert-OH is 1. The minimum absolute atomic E-state index is 0.0495. The fourth-order valence-electron chi connectivity index (χ4n) is 1.66. The minimum Gasteiger partial charge on any atom is -0.390 e. The Labute approximate surface area is 94.6 Å². The van der Waals surface area contributed by atoms with E-state index in [9.17, 15) is 0 Å². The number of nitrogens with zero attached hydrogens (tertiary/aromatic N) is 3. The van der Waals surface area contributed by atoms with E-state index in [1.54, 1.807) is 6.20 Å². The minimum atomic E-state index is -0.0495. The van der Waals surface area contributed by atoms with Gasteiger partial charge in [-0.3, -0.25) is 4.98 Å². The van der Waals surface area contributed by atoms with Gasteiger partial charge in [-0.1, -0.05) is 0 Å². The lowest BCUT2D eigenvalue weighted by molar-refractivity contribution is 0.277. The molecule has 84 valence electrons. The van der Waals surface area contributed by atoms with Gasteiger partial charge >= 0.3 is 0 Å². The molecule has 0 spiro atoms. The average molecular weight is 217 g/mol. The quantitative estimate of drug-likeness (QED) is 0.832. The van der Waals surface area contributed by atoms with Crippen molar-refractivity contribution in [2.75, 3.05) is 0 Å². The van der Waals surface area contributed by atoms with Gasteiger partial charge in [0.15, 0.2) is 0 Å². The van der Waals surface area contributed by atoms with E-state index in [1.807, 2.05) is 30.7 Å². The van der Waals surface area contributed by atoms with Crippen LogP contribution in [-0.2, 0) is 6.61 Å². The van der Waals surface area contributed by atoms with Gasteiger partial charge in [0.05, 0.1) is 23.7 Å². The molecule has 2 heterocycles. The lowest BCUT2D eigenvalue weighted by atomic mass is 10.2. The number of aliphatic hydroxyl groups is 1. The summed E-state index contributed by atoms with van der Waals surface area (Å²) in [6, 6.07) is 3.73. The van der Waals surface area contributed by atoms with Gasteiger partial charge in [0.25, 0.3) is 0 Å². The van der Waals surface area contributed by atoms with Crippen LogP contribution < -0.4 is 0 Å². The predicted molar refractivity (Wildman–Crippen MR) is 61.5 cm³/mol. The molecule has 2 rings (SSSR count). The Morgan fingerprint density at radius 3 is 2.62 bits per heavy atom. The van der Waals surface area contributed by atoms with E-state index in [1.165, 1.54) is 5.56 Å². The first kappa shape index (κ1) is 10.8. The van der Waals surface area contributed by atoms with Crippen LogP contribution in [0.3, 0.4) is 0 Å². The molecular weight excluding hydrogens is 202 g/mol. The number of aryl methyl sites for hydroxylation is 1. The van der Waals surface area contributed by atoms with Crippen molar-refractivity contribution >= 4 is 0 Å². The molecule has 0 radical (unpaired) electrons. The molecule has 0 aromatic carbocycles. The third kappa shape index (κ3) is 1.72. The third-order valence-corrected chi connectivity index (χ3v) is 2.86. The van der Waals surface area contributed by atoms with Crippen molar-refractivity contribution in [3.8, 4) is 5.69 Å². The molecule has 0 aliphatic rings.